The van der Waals surface area contributed by atoms with Crippen molar-refractivity contribution in [2.45, 2.75) is 6.92 Å². The van der Waals surface area contributed by atoms with Crippen LogP contribution in [0.5, 0.6) is 0 Å². The first-order valence-electron chi connectivity index (χ1n) is 5.59. The average molecular weight is 276 g/mol. The number of hydrogen-bond donors (Lipinski definition) is 1. The van der Waals surface area contributed by atoms with Crippen LogP contribution < -0.4 is 5.32 Å². The normalized spacial score (nSPS) is 10.8. The number of amidine groups is 1. The van der Waals surface area contributed by atoms with E-state index in [1.807, 2.05) is 25.4 Å². The molecular weight excluding hydrogens is 260 g/mol. The van der Waals surface area contributed by atoms with Gasteiger partial charge >= 0.3 is 0 Å². The van der Waals surface area contributed by atoms with Gasteiger partial charge in [0.2, 0.25) is 0 Å². The molecule has 0 radical (unpaired) electrons. The molecule has 100 valence electrons. The van der Waals surface area contributed by atoms with Crippen molar-refractivity contribution < 1.29 is 4.79 Å². The predicted octanol–water partition coefficient (Wildman–Crippen LogP) is 2.12. The predicted molar refractivity (Wildman–Crippen MR) is 78.6 cm³/mol. The van der Waals surface area contributed by atoms with Crippen molar-refractivity contribution in [1.82, 2.24) is 10.2 Å². The van der Waals surface area contributed by atoms with E-state index in [0.29, 0.717) is 16.4 Å². The number of benzene rings is 1. The smallest absolute Gasteiger partial charge is 0.253 e. The van der Waals surface area contributed by atoms with Crippen LogP contribution in [0.25, 0.3) is 0 Å². The fourth-order valence-corrected chi connectivity index (χ4v) is 1.83. The van der Waals surface area contributed by atoms with Gasteiger partial charge < -0.3 is 4.90 Å². The number of nitriles is 1. The maximum absolute atomic E-state index is 11.9. The molecule has 0 unspecified atom stereocenters. The molecule has 0 aliphatic rings. The Bertz CT molecular complexity index is 546. The van der Waals surface area contributed by atoms with Gasteiger partial charge in [-0.3, -0.25) is 10.1 Å². The molecule has 0 aliphatic heterocycles. The lowest BCUT2D eigenvalue weighted by Gasteiger charge is -2.12. The molecule has 0 heterocycles. The molecule has 1 aromatic rings. The van der Waals surface area contributed by atoms with Crippen LogP contribution in [0.15, 0.2) is 23.2 Å². The number of aliphatic imine (C=N–C) groups is 1. The summed E-state index contributed by atoms with van der Waals surface area (Å²) in [5, 5.41) is 11.6. The minimum Gasteiger partial charge on any atom is -0.345 e. The third-order valence-corrected chi connectivity index (χ3v) is 3.01. The molecule has 0 bridgehead atoms. The topological polar surface area (TPSA) is 68.5 Å². The highest BCUT2D eigenvalue weighted by Gasteiger charge is 2.11. The molecule has 1 aromatic carbocycles. The third kappa shape index (κ3) is 4.00. The first kappa shape index (κ1) is 15.1. The van der Waals surface area contributed by atoms with Crippen molar-refractivity contribution in [1.29, 1.82) is 5.26 Å². The Kier molecular flexibility index (Phi) is 5.39. The Morgan fingerprint density at radius 1 is 1.47 bits per heavy atom. The van der Waals surface area contributed by atoms with Gasteiger partial charge in [-0.05, 0) is 36.9 Å². The van der Waals surface area contributed by atoms with Crippen LogP contribution in [0.4, 0.5) is 5.69 Å². The highest BCUT2D eigenvalue weighted by Crippen LogP contribution is 2.19. The minimum atomic E-state index is -0.0340. The van der Waals surface area contributed by atoms with E-state index in [1.165, 1.54) is 16.7 Å². The molecule has 0 spiro atoms. The SMILES string of the molecule is CSC(=Nc1ccc(C(=O)N(C)C)c(C)c1)NC#N. The van der Waals surface area contributed by atoms with E-state index in [9.17, 15) is 4.79 Å². The molecule has 1 amide bonds. The summed E-state index contributed by atoms with van der Waals surface area (Å²) < 4.78 is 0. The molecule has 1 N–H and O–H groups in total. The molecule has 0 saturated carbocycles. The Labute approximate surface area is 117 Å². The first-order valence-corrected chi connectivity index (χ1v) is 6.82. The quantitative estimate of drug-likeness (QED) is 0.389. The molecular formula is C13H16N4OS. The Morgan fingerprint density at radius 2 is 2.16 bits per heavy atom. The molecule has 0 saturated heterocycles. The van der Waals surface area contributed by atoms with E-state index >= 15 is 0 Å². The number of hydrogen-bond acceptors (Lipinski definition) is 4. The number of aryl methyl sites for hydroxylation is 1. The lowest BCUT2D eigenvalue weighted by molar-refractivity contribution is 0.0827. The van der Waals surface area contributed by atoms with Gasteiger partial charge in [-0.1, -0.05) is 11.8 Å². The van der Waals surface area contributed by atoms with Gasteiger partial charge in [0.1, 0.15) is 0 Å². The summed E-state index contributed by atoms with van der Waals surface area (Å²) >= 11 is 1.35. The zero-order valence-electron chi connectivity index (χ0n) is 11.4. The number of nitrogens with one attached hydrogen (secondary N) is 1. The van der Waals surface area contributed by atoms with Crippen LogP contribution in [0.1, 0.15) is 15.9 Å². The van der Waals surface area contributed by atoms with Crippen LogP contribution >= 0.6 is 11.8 Å². The first-order chi connectivity index (χ1) is 8.99. The zero-order chi connectivity index (χ0) is 14.4. The number of carbonyl (C=O) groups excluding carboxylic acids is 1. The summed E-state index contributed by atoms with van der Waals surface area (Å²) in [6, 6.07) is 5.34. The Hall–Kier alpha value is -2.00. The fraction of sp³-hybridized carbons (Fsp3) is 0.308. The second-order valence-electron chi connectivity index (χ2n) is 4.06. The van der Waals surface area contributed by atoms with Crippen molar-refractivity contribution in [3.8, 4) is 6.19 Å². The Morgan fingerprint density at radius 3 is 2.63 bits per heavy atom. The van der Waals surface area contributed by atoms with Crippen LogP contribution in [-0.2, 0) is 0 Å². The van der Waals surface area contributed by atoms with Crippen LogP contribution in [-0.4, -0.2) is 36.3 Å². The van der Waals surface area contributed by atoms with Gasteiger partial charge in [0.25, 0.3) is 5.91 Å². The van der Waals surface area contributed by atoms with Crippen molar-refractivity contribution in [3.63, 3.8) is 0 Å². The van der Waals surface area contributed by atoms with E-state index in [4.69, 9.17) is 5.26 Å². The molecule has 1 rings (SSSR count). The average Bonchev–Trinajstić information content (AvgIpc) is 2.37. The van der Waals surface area contributed by atoms with E-state index in [2.05, 4.69) is 10.3 Å². The summed E-state index contributed by atoms with van der Waals surface area (Å²) in [7, 11) is 3.44. The maximum Gasteiger partial charge on any atom is 0.253 e. The van der Waals surface area contributed by atoms with Gasteiger partial charge in [-0.15, -0.1) is 0 Å². The van der Waals surface area contributed by atoms with Crippen molar-refractivity contribution in [2.24, 2.45) is 4.99 Å². The Balaban J connectivity index is 3.07. The number of thioether (sulfide) groups is 1. The molecule has 19 heavy (non-hydrogen) atoms. The zero-order valence-corrected chi connectivity index (χ0v) is 12.2. The molecule has 0 fully saturated rings. The summed E-state index contributed by atoms with van der Waals surface area (Å²) in [5.41, 5.74) is 2.22. The molecule has 0 aromatic heterocycles. The summed E-state index contributed by atoms with van der Waals surface area (Å²) in [6.07, 6.45) is 3.67. The van der Waals surface area contributed by atoms with Crippen molar-refractivity contribution in [2.75, 3.05) is 20.4 Å². The summed E-state index contributed by atoms with van der Waals surface area (Å²) in [5.74, 6) is -0.0340. The lowest BCUT2D eigenvalue weighted by Crippen LogP contribution is -2.22. The monoisotopic (exact) mass is 276 g/mol. The van der Waals surface area contributed by atoms with Gasteiger partial charge in [0.15, 0.2) is 11.4 Å². The second-order valence-corrected chi connectivity index (χ2v) is 4.85. The number of nitrogens with zero attached hydrogens (tertiary/aromatic N) is 3. The van der Waals surface area contributed by atoms with E-state index < -0.39 is 0 Å². The van der Waals surface area contributed by atoms with Crippen molar-refractivity contribution >= 4 is 28.5 Å². The molecule has 0 atom stereocenters. The second kappa shape index (κ2) is 6.81. The lowest BCUT2D eigenvalue weighted by atomic mass is 10.1. The van der Waals surface area contributed by atoms with Gasteiger partial charge in [0.05, 0.1) is 5.69 Å². The van der Waals surface area contributed by atoms with Crippen LogP contribution in [0, 0.1) is 18.4 Å². The maximum atomic E-state index is 11.9. The van der Waals surface area contributed by atoms with E-state index in [1.54, 1.807) is 26.2 Å². The van der Waals surface area contributed by atoms with Gasteiger partial charge in [-0.2, -0.15) is 5.26 Å². The highest BCUT2D eigenvalue weighted by molar-refractivity contribution is 8.13. The highest BCUT2D eigenvalue weighted by atomic mass is 32.2. The fourth-order valence-electron chi connectivity index (χ4n) is 1.49. The third-order valence-electron chi connectivity index (χ3n) is 2.43. The van der Waals surface area contributed by atoms with Gasteiger partial charge in [-0.25, -0.2) is 4.99 Å². The number of amides is 1. The van der Waals surface area contributed by atoms with Crippen LogP contribution in [0.2, 0.25) is 0 Å². The molecule has 0 aliphatic carbocycles. The largest absolute Gasteiger partial charge is 0.345 e. The number of carbonyl (C=O) groups is 1. The molecule has 5 nitrogen and oxygen atoms in total. The molecule has 6 heteroatoms. The summed E-state index contributed by atoms with van der Waals surface area (Å²) in [6.45, 7) is 1.87. The van der Waals surface area contributed by atoms with Gasteiger partial charge in [0, 0.05) is 19.7 Å². The van der Waals surface area contributed by atoms with Crippen LogP contribution in [0.3, 0.4) is 0 Å². The standard InChI is InChI=1S/C13H16N4OS/c1-9-7-10(16-13(19-4)15-8-14)5-6-11(9)12(18)17(2)3/h5-7H,1-4H3,(H,15,16). The van der Waals surface area contributed by atoms with Crippen molar-refractivity contribution in [3.05, 3.63) is 29.3 Å². The van der Waals surface area contributed by atoms with E-state index in [0.717, 1.165) is 5.56 Å². The number of rotatable bonds is 2. The summed E-state index contributed by atoms with van der Waals surface area (Å²) in [4.78, 5) is 17.7. The minimum absolute atomic E-state index is 0.0340. The van der Waals surface area contributed by atoms with E-state index in [-0.39, 0.29) is 5.91 Å².